The van der Waals surface area contributed by atoms with E-state index in [0.29, 0.717) is 0 Å². The Morgan fingerprint density at radius 1 is 0.575 bits per heavy atom. The first-order valence-electron chi connectivity index (χ1n) is 13.9. The number of aromatic nitrogens is 1. The zero-order valence-electron chi connectivity index (χ0n) is 21.5. The molecule has 4 heterocycles. The van der Waals surface area contributed by atoms with Crippen molar-refractivity contribution in [3.05, 3.63) is 115 Å². The van der Waals surface area contributed by atoms with Crippen LogP contribution in [-0.2, 0) is 0 Å². The maximum atomic E-state index is 6.56. The van der Waals surface area contributed by atoms with Gasteiger partial charge in [0.2, 0.25) is 0 Å². The fourth-order valence-electron chi connectivity index (χ4n) is 7.05. The fraction of sp³-hybridized carbons (Fsp3) is 0.0556. The van der Waals surface area contributed by atoms with Crippen molar-refractivity contribution in [1.29, 1.82) is 0 Å². The Hall–Kier alpha value is -5.22. The smallest absolute Gasteiger partial charge is 0.137 e. The van der Waals surface area contributed by atoms with Gasteiger partial charge < -0.3 is 15.1 Å². The molecule has 2 atom stereocenters. The summed E-state index contributed by atoms with van der Waals surface area (Å²) in [4.78, 5) is 0. The predicted molar refractivity (Wildman–Crippen MR) is 167 cm³/mol. The average molecular weight is 514 g/mol. The molecule has 1 aliphatic carbocycles. The summed E-state index contributed by atoms with van der Waals surface area (Å²) in [6.07, 6.45) is 8.71. The van der Waals surface area contributed by atoms with Gasteiger partial charge >= 0.3 is 0 Å². The van der Waals surface area contributed by atoms with E-state index in [-0.39, 0.29) is 12.1 Å². The molecule has 0 bridgehead atoms. The van der Waals surface area contributed by atoms with Gasteiger partial charge in [0.1, 0.15) is 17.0 Å². The number of hydrogen-bond donors (Lipinski definition) is 2. The Morgan fingerprint density at radius 3 is 2.27 bits per heavy atom. The van der Waals surface area contributed by atoms with Crippen LogP contribution in [0, 0.1) is 0 Å². The average Bonchev–Trinajstić information content (AvgIpc) is 3.64. The number of anilines is 2. The number of fused-ring (bicyclic) bond motifs is 11. The molecule has 40 heavy (non-hydrogen) atoms. The van der Waals surface area contributed by atoms with Crippen LogP contribution in [0.15, 0.2) is 120 Å². The number of nitrogens with one attached hydrogen (secondary N) is 2. The Bertz CT molecular complexity index is 2400. The minimum absolute atomic E-state index is 0.217. The molecule has 0 saturated carbocycles. The molecule has 5 aromatic carbocycles. The lowest BCUT2D eigenvalue weighted by Crippen LogP contribution is -2.41. The van der Waals surface area contributed by atoms with Crippen LogP contribution in [0.5, 0.6) is 0 Å². The van der Waals surface area contributed by atoms with Crippen molar-refractivity contribution in [2.45, 2.75) is 12.1 Å². The first kappa shape index (κ1) is 20.7. The van der Waals surface area contributed by atoms with Crippen LogP contribution in [0.1, 0.15) is 0 Å². The molecule has 0 radical (unpaired) electrons. The van der Waals surface area contributed by atoms with Gasteiger partial charge in [-0.3, -0.25) is 4.40 Å². The fourth-order valence-corrected chi connectivity index (χ4v) is 7.05. The highest BCUT2D eigenvalue weighted by atomic mass is 16.3. The molecule has 0 amide bonds. The normalized spacial score (nSPS) is 18.2. The van der Waals surface area contributed by atoms with Crippen molar-refractivity contribution in [1.82, 2.24) is 4.40 Å². The monoisotopic (exact) mass is 513 g/mol. The minimum atomic E-state index is 0.217. The van der Waals surface area contributed by atoms with E-state index in [0.717, 1.165) is 38.8 Å². The Morgan fingerprint density at radius 2 is 1.35 bits per heavy atom. The van der Waals surface area contributed by atoms with Crippen LogP contribution in [0.3, 0.4) is 0 Å². The van der Waals surface area contributed by atoms with Crippen LogP contribution in [0.4, 0.5) is 11.5 Å². The SMILES string of the molecule is C1=CC2Nc3c(n4c5cc6oc7cc(-c8ccc9ccccc9c8)ccc7c6cc5c5cccc3c54)NC2C=C1. The van der Waals surface area contributed by atoms with Crippen molar-refractivity contribution in [2.24, 2.45) is 0 Å². The standard InChI is InChI=1S/C36H23N3O/c1-2-7-21-16-22(13-12-20(21)6-1)23-14-15-24-28-18-27-25-8-5-9-26-34-36(38-30-11-4-3-10-29(30)37-34)39(35(25)26)31(27)19-33(28)40-32(24)17-23/h1-19,29-30,37-38H. The van der Waals surface area contributed by atoms with Crippen molar-refractivity contribution >= 4 is 71.4 Å². The summed E-state index contributed by atoms with van der Waals surface area (Å²) in [6, 6.07) is 33.4. The van der Waals surface area contributed by atoms with Gasteiger partial charge in [0.05, 0.1) is 28.8 Å². The van der Waals surface area contributed by atoms with Gasteiger partial charge in [0, 0.05) is 33.0 Å². The number of benzene rings is 5. The molecule has 0 spiro atoms. The lowest BCUT2D eigenvalue weighted by Gasteiger charge is -2.33. The van der Waals surface area contributed by atoms with Crippen LogP contribution in [0.25, 0.3) is 71.0 Å². The highest BCUT2D eigenvalue weighted by Gasteiger charge is 2.31. The zero-order valence-corrected chi connectivity index (χ0v) is 21.5. The third kappa shape index (κ3) is 2.60. The summed E-state index contributed by atoms with van der Waals surface area (Å²) < 4.78 is 8.95. The number of allylic oxidation sites excluding steroid dienone is 2. The second-order valence-electron chi connectivity index (χ2n) is 11.1. The van der Waals surface area contributed by atoms with Crippen molar-refractivity contribution in [3.8, 4) is 11.1 Å². The summed E-state index contributed by atoms with van der Waals surface area (Å²) in [6.45, 7) is 0. The molecule has 4 nitrogen and oxygen atoms in total. The number of rotatable bonds is 1. The lowest BCUT2D eigenvalue weighted by atomic mass is 9.99. The van der Waals surface area contributed by atoms with E-state index in [9.17, 15) is 0 Å². The van der Waals surface area contributed by atoms with Gasteiger partial charge in [-0.25, -0.2) is 0 Å². The largest absolute Gasteiger partial charge is 0.456 e. The van der Waals surface area contributed by atoms with E-state index in [1.54, 1.807) is 0 Å². The summed E-state index contributed by atoms with van der Waals surface area (Å²) >= 11 is 0. The molecule has 8 aromatic rings. The molecule has 2 N–H and O–H groups in total. The van der Waals surface area contributed by atoms with Crippen molar-refractivity contribution in [3.63, 3.8) is 0 Å². The Balaban J connectivity index is 1.20. The molecule has 0 fully saturated rings. The van der Waals surface area contributed by atoms with E-state index in [1.807, 2.05) is 0 Å². The van der Waals surface area contributed by atoms with Gasteiger partial charge in [-0.15, -0.1) is 0 Å². The molecule has 188 valence electrons. The molecule has 2 unspecified atom stereocenters. The first-order chi connectivity index (χ1) is 19.8. The van der Waals surface area contributed by atoms with E-state index >= 15 is 0 Å². The van der Waals surface area contributed by atoms with Crippen LogP contribution >= 0.6 is 0 Å². The second-order valence-corrected chi connectivity index (χ2v) is 11.1. The number of furan rings is 1. The molecule has 2 aliphatic rings. The van der Waals surface area contributed by atoms with Gasteiger partial charge in [-0.05, 0) is 46.2 Å². The molecule has 1 aliphatic heterocycles. The van der Waals surface area contributed by atoms with Gasteiger partial charge in [-0.2, -0.15) is 0 Å². The zero-order chi connectivity index (χ0) is 25.9. The Labute approximate surface area is 229 Å². The lowest BCUT2D eigenvalue weighted by molar-refractivity contribution is 0.669. The van der Waals surface area contributed by atoms with Gasteiger partial charge in [0.15, 0.2) is 0 Å². The van der Waals surface area contributed by atoms with Crippen molar-refractivity contribution < 1.29 is 4.42 Å². The molecular weight excluding hydrogens is 490 g/mol. The minimum Gasteiger partial charge on any atom is -0.456 e. The first-order valence-corrected chi connectivity index (χ1v) is 13.9. The molecule has 0 saturated heterocycles. The molecule has 10 rings (SSSR count). The summed E-state index contributed by atoms with van der Waals surface area (Å²) in [5, 5.41) is 16.2. The number of para-hydroxylation sites is 1. The predicted octanol–water partition coefficient (Wildman–Crippen LogP) is 9.10. The number of hydrogen-bond acceptors (Lipinski definition) is 3. The van der Waals surface area contributed by atoms with E-state index in [2.05, 4.69) is 130 Å². The summed E-state index contributed by atoms with van der Waals surface area (Å²) in [5.41, 5.74) is 7.78. The third-order valence-electron chi connectivity index (χ3n) is 8.94. The van der Waals surface area contributed by atoms with Crippen LogP contribution < -0.4 is 10.6 Å². The maximum absolute atomic E-state index is 6.56. The highest BCUT2D eigenvalue weighted by Crippen LogP contribution is 2.47. The van der Waals surface area contributed by atoms with Gasteiger partial charge in [-0.1, -0.05) is 85.0 Å². The second kappa shape index (κ2) is 7.25. The Kier molecular flexibility index (Phi) is 3.75. The molecular formula is C36H23N3O. The molecule has 4 heteroatoms. The van der Waals surface area contributed by atoms with E-state index < -0.39 is 0 Å². The quantitative estimate of drug-likeness (QED) is 0.230. The van der Waals surface area contributed by atoms with Crippen molar-refractivity contribution in [2.75, 3.05) is 10.6 Å². The third-order valence-corrected chi connectivity index (χ3v) is 8.94. The maximum Gasteiger partial charge on any atom is 0.137 e. The van der Waals surface area contributed by atoms with E-state index in [1.165, 1.54) is 43.7 Å². The highest BCUT2D eigenvalue weighted by molar-refractivity contribution is 6.23. The summed E-state index contributed by atoms with van der Waals surface area (Å²) in [5.74, 6) is 1.12. The van der Waals surface area contributed by atoms with Crippen LogP contribution in [-0.4, -0.2) is 16.5 Å². The summed E-state index contributed by atoms with van der Waals surface area (Å²) in [7, 11) is 0. The van der Waals surface area contributed by atoms with E-state index in [4.69, 9.17) is 4.42 Å². The number of nitrogens with zero attached hydrogens (tertiary/aromatic N) is 1. The van der Waals surface area contributed by atoms with Gasteiger partial charge in [0.25, 0.3) is 0 Å². The molecule has 3 aromatic heterocycles. The topological polar surface area (TPSA) is 41.6 Å². The van der Waals surface area contributed by atoms with Crippen LogP contribution in [0.2, 0.25) is 0 Å².